The van der Waals surface area contributed by atoms with Gasteiger partial charge in [0.25, 0.3) is 5.91 Å². The fraction of sp³-hybridized carbons (Fsp3) is 0.136. The molecule has 2 aromatic heterocycles. The number of carbonyl (C=O) groups is 1. The Morgan fingerprint density at radius 3 is 2.50 bits per heavy atom. The van der Waals surface area contributed by atoms with Crippen molar-refractivity contribution in [3.8, 4) is 16.4 Å². The van der Waals surface area contributed by atoms with Crippen molar-refractivity contribution in [3.05, 3.63) is 89.1 Å². The van der Waals surface area contributed by atoms with Crippen molar-refractivity contribution in [1.82, 2.24) is 19.7 Å². The topological polar surface area (TPSA) is 51.0 Å². The molecule has 0 saturated carbocycles. The molecule has 1 atom stereocenters. The van der Waals surface area contributed by atoms with E-state index in [1.54, 1.807) is 31.3 Å². The SMILES string of the molecule is CC(c1ccc(F)cc1)N(C)C(=O)c1nc(-c2cccs2)n(-c2cccc(F)c2)n1. The predicted molar refractivity (Wildman–Crippen MR) is 112 cm³/mol. The molecule has 0 fully saturated rings. The molecular weight excluding hydrogens is 406 g/mol. The van der Waals surface area contributed by atoms with Crippen LogP contribution >= 0.6 is 11.3 Å². The average molecular weight is 424 g/mol. The number of hydrogen-bond donors (Lipinski definition) is 0. The number of benzene rings is 2. The van der Waals surface area contributed by atoms with Crippen molar-refractivity contribution in [3.63, 3.8) is 0 Å². The molecule has 2 aromatic carbocycles. The summed E-state index contributed by atoms with van der Waals surface area (Å²) in [4.78, 5) is 19.9. The van der Waals surface area contributed by atoms with E-state index in [1.807, 2.05) is 24.4 Å². The highest BCUT2D eigenvalue weighted by molar-refractivity contribution is 7.13. The van der Waals surface area contributed by atoms with Gasteiger partial charge in [-0.25, -0.2) is 18.4 Å². The first-order valence-electron chi connectivity index (χ1n) is 9.23. The Balaban J connectivity index is 1.71. The minimum absolute atomic E-state index is 0.000812. The highest BCUT2D eigenvalue weighted by Gasteiger charge is 2.25. The molecule has 0 N–H and O–H groups in total. The first-order chi connectivity index (χ1) is 14.4. The van der Waals surface area contributed by atoms with Gasteiger partial charge in [0, 0.05) is 7.05 Å². The molecule has 2 heterocycles. The molecule has 5 nitrogen and oxygen atoms in total. The molecule has 30 heavy (non-hydrogen) atoms. The minimum Gasteiger partial charge on any atom is -0.332 e. The first-order valence-corrected chi connectivity index (χ1v) is 10.1. The second kappa shape index (κ2) is 8.16. The van der Waals surface area contributed by atoms with E-state index in [1.165, 1.54) is 45.2 Å². The molecule has 152 valence electrons. The van der Waals surface area contributed by atoms with Crippen LogP contribution in [0.4, 0.5) is 8.78 Å². The molecule has 4 rings (SSSR count). The fourth-order valence-electron chi connectivity index (χ4n) is 3.05. The third-order valence-corrected chi connectivity index (χ3v) is 5.71. The lowest BCUT2D eigenvalue weighted by atomic mass is 10.1. The van der Waals surface area contributed by atoms with Gasteiger partial charge in [0.2, 0.25) is 5.82 Å². The summed E-state index contributed by atoms with van der Waals surface area (Å²) < 4.78 is 28.5. The van der Waals surface area contributed by atoms with Gasteiger partial charge in [-0.15, -0.1) is 16.4 Å². The normalized spacial score (nSPS) is 12.0. The average Bonchev–Trinajstić information content (AvgIpc) is 3.42. The number of carbonyl (C=O) groups excluding carboxylic acids is 1. The number of amides is 1. The molecule has 0 aliphatic rings. The Labute approximate surface area is 176 Å². The maximum atomic E-state index is 13.8. The van der Waals surface area contributed by atoms with Crippen molar-refractivity contribution in [2.75, 3.05) is 7.05 Å². The molecule has 0 aliphatic carbocycles. The fourth-order valence-corrected chi connectivity index (χ4v) is 3.75. The number of hydrogen-bond acceptors (Lipinski definition) is 4. The molecule has 8 heteroatoms. The van der Waals surface area contributed by atoms with Crippen LogP contribution in [0.25, 0.3) is 16.4 Å². The van der Waals surface area contributed by atoms with E-state index < -0.39 is 5.82 Å². The number of halogens is 2. The van der Waals surface area contributed by atoms with E-state index in [9.17, 15) is 13.6 Å². The van der Waals surface area contributed by atoms with Crippen molar-refractivity contribution in [1.29, 1.82) is 0 Å². The third kappa shape index (κ3) is 3.86. The summed E-state index contributed by atoms with van der Waals surface area (Å²) in [5.41, 5.74) is 1.26. The Hall–Kier alpha value is -3.39. The quantitative estimate of drug-likeness (QED) is 0.448. The second-order valence-electron chi connectivity index (χ2n) is 6.77. The highest BCUT2D eigenvalue weighted by atomic mass is 32.1. The zero-order valence-corrected chi connectivity index (χ0v) is 17.1. The van der Waals surface area contributed by atoms with Crippen LogP contribution in [0.3, 0.4) is 0 Å². The molecular formula is C22H18F2N4OS. The van der Waals surface area contributed by atoms with E-state index >= 15 is 0 Å². The van der Waals surface area contributed by atoms with Crippen LogP contribution in [0.5, 0.6) is 0 Å². The van der Waals surface area contributed by atoms with Gasteiger partial charge in [-0.05, 0) is 54.3 Å². The summed E-state index contributed by atoms with van der Waals surface area (Å²) in [6.07, 6.45) is 0. The number of nitrogens with zero attached hydrogens (tertiary/aromatic N) is 4. The number of thiophene rings is 1. The Morgan fingerprint density at radius 1 is 1.07 bits per heavy atom. The van der Waals surface area contributed by atoms with Gasteiger partial charge in [-0.2, -0.15) is 0 Å². The van der Waals surface area contributed by atoms with Gasteiger partial charge >= 0.3 is 0 Å². The standard InChI is InChI=1S/C22H18F2N4OS/c1-14(15-8-10-16(23)11-9-15)27(2)22(29)20-25-21(19-7-4-12-30-19)28(26-20)18-6-3-5-17(24)13-18/h3-14H,1-2H3. The summed E-state index contributed by atoms with van der Waals surface area (Å²) in [6, 6.07) is 15.4. The summed E-state index contributed by atoms with van der Waals surface area (Å²) >= 11 is 1.45. The van der Waals surface area contributed by atoms with Crippen LogP contribution in [0.1, 0.15) is 29.1 Å². The molecule has 0 spiro atoms. The van der Waals surface area contributed by atoms with Crippen LogP contribution in [-0.4, -0.2) is 32.6 Å². The number of rotatable bonds is 5. The van der Waals surface area contributed by atoms with E-state index in [0.717, 1.165) is 10.4 Å². The summed E-state index contributed by atoms with van der Waals surface area (Å²) in [5, 5.41) is 6.28. The van der Waals surface area contributed by atoms with Crippen LogP contribution < -0.4 is 0 Å². The summed E-state index contributed by atoms with van der Waals surface area (Å²) in [5.74, 6) is -0.674. The van der Waals surface area contributed by atoms with Crippen LogP contribution in [0.2, 0.25) is 0 Å². The lowest BCUT2D eigenvalue weighted by Crippen LogP contribution is -2.30. The number of aromatic nitrogens is 3. The largest absolute Gasteiger partial charge is 0.332 e. The Bertz CT molecular complexity index is 1170. The van der Waals surface area contributed by atoms with Gasteiger partial charge in [0.05, 0.1) is 16.6 Å². The maximum absolute atomic E-state index is 13.8. The monoisotopic (exact) mass is 424 g/mol. The maximum Gasteiger partial charge on any atom is 0.293 e. The van der Waals surface area contributed by atoms with Crippen LogP contribution in [0.15, 0.2) is 66.0 Å². The van der Waals surface area contributed by atoms with Crippen molar-refractivity contribution < 1.29 is 13.6 Å². The Morgan fingerprint density at radius 2 is 1.83 bits per heavy atom. The third-order valence-electron chi connectivity index (χ3n) is 4.85. The van der Waals surface area contributed by atoms with Gasteiger partial charge in [-0.3, -0.25) is 4.79 Å². The molecule has 0 aliphatic heterocycles. The summed E-state index contributed by atoms with van der Waals surface area (Å²) in [6.45, 7) is 1.84. The molecule has 0 saturated heterocycles. The lowest BCUT2D eigenvalue weighted by molar-refractivity contribution is 0.0730. The molecule has 0 radical (unpaired) electrons. The van der Waals surface area contributed by atoms with Crippen LogP contribution in [-0.2, 0) is 0 Å². The van der Waals surface area contributed by atoms with E-state index in [4.69, 9.17) is 0 Å². The smallest absolute Gasteiger partial charge is 0.293 e. The zero-order chi connectivity index (χ0) is 21.3. The first kappa shape index (κ1) is 19.9. The molecule has 0 bridgehead atoms. The van der Waals surface area contributed by atoms with Gasteiger partial charge in [0.1, 0.15) is 11.6 Å². The van der Waals surface area contributed by atoms with E-state index in [2.05, 4.69) is 10.1 Å². The van der Waals surface area contributed by atoms with E-state index in [-0.39, 0.29) is 23.6 Å². The molecule has 1 amide bonds. The van der Waals surface area contributed by atoms with Gasteiger partial charge in [0.15, 0.2) is 5.82 Å². The highest BCUT2D eigenvalue weighted by Crippen LogP contribution is 2.27. The molecule has 4 aromatic rings. The van der Waals surface area contributed by atoms with Crippen molar-refractivity contribution >= 4 is 17.2 Å². The van der Waals surface area contributed by atoms with E-state index in [0.29, 0.717) is 11.5 Å². The zero-order valence-electron chi connectivity index (χ0n) is 16.3. The van der Waals surface area contributed by atoms with Crippen LogP contribution in [0, 0.1) is 11.6 Å². The molecule has 1 unspecified atom stereocenters. The van der Waals surface area contributed by atoms with Gasteiger partial charge < -0.3 is 4.90 Å². The van der Waals surface area contributed by atoms with Crippen molar-refractivity contribution in [2.45, 2.75) is 13.0 Å². The van der Waals surface area contributed by atoms with Crippen molar-refractivity contribution in [2.24, 2.45) is 0 Å². The second-order valence-corrected chi connectivity index (χ2v) is 7.72. The van der Waals surface area contributed by atoms with Gasteiger partial charge in [-0.1, -0.05) is 24.3 Å². The minimum atomic E-state index is -0.407. The predicted octanol–water partition coefficient (Wildman–Crippen LogP) is 5.11. The Kier molecular flexibility index (Phi) is 5.41. The lowest BCUT2D eigenvalue weighted by Gasteiger charge is -2.24. The summed E-state index contributed by atoms with van der Waals surface area (Å²) in [7, 11) is 1.64.